The van der Waals surface area contributed by atoms with Crippen LogP contribution in [0.5, 0.6) is 0 Å². The van der Waals surface area contributed by atoms with Crippen LogP contribution in [0.2, 0.25) is 0 Å². The topological polar surface area (TPSA) is 166 Å². The van der Waals surface area contributed by atoms with Gasteiger partial charge in [0.15, 0.2) is 11.6 Å². The molecular weight excluding hydrogens is 538 g/mol. The molecule has 4 aliphatic carbocycles. The van der Waals surface area contributed by atoms with E-state index in [1.165, 1.54) is 7.11 Å². The number of phosphoric ester groups is 2. The maximum absolute atomic E-state index is 13.6. The molecule has 13 heteroatoms. The van der Waals surface area contributed by atoms with E-state index in [1.54, 1.807) is 19.1 Å². The highest BCUT2D eigenvalue weighted by Gasteiger charge is 2.69. The van der Waals surface area contributed by atoms with Gasteiger partial charge in [0, 0.05) is 23.9 Å². The van der Waals surface area contributed by atoms with Gasteiger partial charge in [0.2, 0.25) is 0 Å². The van der Waals surface area contributed by atoms with Crippen LogP contribution in [0.3, 0.4) is 0 Å². The number of carbonyl (C=O) groups is 2. The summed E-state index contributed by atoms with van der Waals surface area (Å²) >= 11 is 0. The van der Waals surface area contributed by atoms with Crippen molar-refractivity contribution >= 4 is 27.2 Å². The first-order valence-corrected chi connectivity index (χ1v) is 16.0. The second-order valence-electron chi connectivity index (χ2n) is 11.3. The summed E-state index contributed by atoms with van der Waals surface area (Å²) in [6.07, 6.45) is 7.45. The summed E-state index contributed by atoms with van der Waals surface area (Å²) in [4.78, 5) is 45.2. The van der Waals surface area contributed by atoms with E-state index < -0.39 is 50.6 Å². The van der Waals surface area contributed by atoms with Gasteiger partial charge in [0.25, 0.3) is 0 Å². The van der Waals surface area contributed by atoms with Crippen molar-refractivity contribution < 1.29 is 51.7 Å². The van der Waals surface area contributed by atoms with Crippen molar-refractivity contribution in [1.29, 1.82) is 0 Å². The van der Waals surface area contributed by atoms with E-state index in [2.05, 4.69) is 15.8 Å². The molecule has 0 aromatic carbocycles. The highest BCUT2D eigenvalue weighted by molar-refractivity contribution is 7.61. The Bertz CT molecular complexity index is 1130. The summed E-state index contributed by atoms with van der Waals surface area (Å²) in [6, 6.07) is 0. The molecular formula is C25H38O11P2. The first-order chi connectivity index (χ1) is 17.6. The van der Waals surface area contributed by atoms with Gasteiger partial charge >= 0.3 is 15.6 Å². The number of aliphatic hydroxyl groups excluding tert-OH is 1. The highest BCUT2D eigenvalue weighted by atomic mass is 31.3. The quantitative estimate of drug-likeness (QED) is 0.323. The molecule has 0 aromatic heterocycles. The third-order valence-corrected chi connectivity index (χ3v) is 12.1. The van der Waals surface area contributed by atoms with Crippen molar-refractivity contribution in [2.45, 2.75) is 71.0 Å². The standard InChI is InChI=1S/C25H38O11P2/c1-5-12-34-37(29,30)36-38(31,32)35-15-21(28)25(33-4)11-9-19-18-7-6-16-13-17(26)8-10-23(16,2)22(18)20(27)14-24(19,25)3/h8,10,13,18-20,22,27H,5-7,9,11-12,14-15H2,1-4H3,(H,29,30)(H,31,32)/t18-,19?,20-,22?,23-,24-,25-/m0/s1. The van der Waals surface area contributed by atoms with E-state index in [0.29, 0.717) is 19.3 Å². The Morgan fingerprint density at radius 3 is 2.50 bits per heavy atom. The number of carbonyl (C=O) groups excluding carboxylic acids is 2. The SMILES string of the molecule is CCCOP(=O)(O)OP(=O)(O)OCC(=O)[C@@]1(OC)CCC2[C@@H]3CCC4=CC(=O)C=C[C@]4(C)C3[C@@H](O)C[C@@]21C. The first kappa shape index (κ1) is 30.0. The molecule has 3 saturated carbocycles. The van der Waals surface area contributed by atoms with Crippen LogP contribution in [0.15, 0.2) is 23.8 Å². The van der Waals surface area contributed by atoms with Gasteiger partial charge in [-0.2, -0.15) is 4.31 Å². The zero-order valence-electron chi connectivity index (χ0n) is 22.2. The molecule has 0 spiro atoms. The minimum absolute atomic E-state index is 0.0153. The fourth-order valence-corrected chi connectivity index (χ4v) is 9.98. The molecule has 0 radical (unpaired) electrons. The number of phosphoric acid groups is 2. The minimum atomic E-state index is -5.12. The lowest BCUT2D eigenvalue weighted by Crippen LogP contribution is -2.62. The molecule has 0 aliphatic heterocycles. The fourth-order valence-electron chi connectivity index (χ4n) is 7.86. The maximum atomic E-state index is 13.6. The molecule has 0 bridgehead atoms. The number of allylic oxidation sites excluding steroid dienone is 4. The number of aliphatic hydroxyl groups is 1. The smallest absolute Gasteiger partial charge is 0.393 e. The van der Waals surface area contributed by atoms with E-state index in [0.717, 1.165) is 18.4 Å². The van der Waals surface area contributed by atoms with Gasteiger partial charge < -0.3 is 19.6 Å². The summed E-state index contributed by atoms with van der Waals surface area (Å²) in [5, 5.41) is 11.5. The number of hydrogen-bond acceptors (Lipinski definition) is 9. The van der Waals surface area contributed by atoms with Crippen molar-refractivity contribution in [3.63, 3.8) is 0 Å². The van der Waals surface area contributed by atoms with Crippen molar-refractivity contribution in [3.05, 3.63) is 23.8 Å². The summed E-state index contributed by atoms with van der Waals surface area (Å²) in [6.45, 7) is 4.58. The van der Waals surface area contributed by atoms with Crippen molar-refractivity contribution in [1.82, 2.24) is 0 Å². The second-order valence-corrected chi connectivity index (χ2v) is 14.4. The Balaban J connectivity index is 1.54. The molecule has 0 saturated heterocycles. The summed E-state index contributed by atoms with van der Waals surface area (Å²) in [5.41, 5.74) is -1.63. The Kier molecular flexibility index (Phi) is 8.23. The van der Waals surface area contributed by atoms with E-state index in [1.807, 2.05) is 13.0 Å². The molecule has 3 fully saturated rings. The summed E-state index contributed by atoms with van der Waals surface area (Å²) in [7, 11) is -8.59. The van der Waals surface area contributed by atoms with E-state index in [-0.39, 0.29) is 36.6 Å². The minimum Gasteiger partial charge on any atom is -0.393 e. The molecule has 11 nitrogen and oxygen atoms in total. The van der Waals surface area contributed by atoms with Gasteiger partial charge in [-0.1, -0.05) is 32.4 Å². The molecule has 0 aromatic rings. The first-order valence-electron chi connectivity index (χ1n) is 13.0. The number of ketones is 2. The zero-order chi connectivity index (χ0) is 28.1. The molecule has 9 atom stereocenters. The zero-order valence-corrected chi connectivity index (χ0v) is 24.0. The van der Waals surface area contributed by atoms with Crippen LogP contribution in [-0.2, 0) is 36.8 Å². The fraction of sp³-hybridized carbons (Fsp3) is 0.760. The maximum Gasteiger partial charge on any atom is 0.481 e. The summed E-state index contributed by atoms with van der Waals surface area (Å²) < 4.78 is 43.8. The normalized spacial score (nSPS) is 41.3. The third kappa shape index (κ3) is 5.00. The third-order valence-electron chi connectivity index (χ3n) is 9.44. The Morgan fingerprint density at radius 1 is 1.16 bits per heavy atom. The lowest BCUT2D eigenvalue weighted by atomic mass is 9.46. The number of fused-ring (bicyclic) bond motifs is 5. The van der Waals surface area contributed by atoms with Crippen LogP contribution in [-0.4, -0.2) is 58.5 Å². The van der Waals surface area contributed by atoms with E-state index in [4.69, 9.17) is 9.26 Å². The molecule has 38 heavy (non-hydrogen) atoms. The van der Waals surface area contributed by atoms with Crippen LogP contribution in [0.4, 0.5) is 0 Å². The van der Waals surface area contributed by atoms with Crippen molar-refractivity contribution in [2.24, 2.45) is 28.6 Å². The van der Waals surface area contributed by atoms with Gasteiger partial charge in [-0.05, 0) is 62.5 Å². The molecule has 4 aliphatic rings. The van der Waals surface area contributed by atoms with Crippen LogP contribution in [0, 0.1) is 28.6 Å². The molecule has 0 amide bonds. The average Bonchev–Trinajstić information content (AvgIpc) is 3.13. The molecule has 4 unspecified atom stereocenters. The summed E-state index contributed by atoms with van der Waals surface area (Å²) in [5.74, 6) is -0.701. The van der Waals surface area contributed by atoms with Gasteiger partial charge in [-0.15, -0.1) is 0 Å². The number of rotatable bonds is 10. The highest BCUT2D eigenvalue weighted by Crippen LogP contribution is 2.68. The Morgan fingerprint density at radius 2 is 1.84 bits per heavy atom. The predicted molar refractivity (Wildman–Crippen MR) is 136 cm³/mol. The Hall–Kier alpha value is -1.00. The molecule has 4 rings (SSSR count). The average molecular weight is 577 g/mol. The van der Waals surface area contributed by atoms with E-state index in [9.17, 15) is 33.6 Å². The second kappa shape index (κ2) is 10.4. The van der Waals surface area contributed by atoms with Crippen LogP contribution < -0.4 is 0 Å². The monoisotopic (exact) mass is 576 g/mol. The Labute approximate surface area is 222 Å². The van der Waals surface area contributed by atoms with Gasteiger partial charge in [0.1, 0.15) is 12.2 Å². The van der Waals surface area contributed by atoms with Gasteiger partial charge in [-0.25, -0.2) is 9.13 Å². The molecule has 214 valence electrons. The van der Waals surface area contributed by atoms with Gasteiger partial charge in [-0.3, -0.25) is 18.6 Å². The number of methoxy groups -OCH3 is 1. The number of Topliss-reactive ketones (excluding diaryl/α,β-unsaturated/α-hetero) is 1. The molecule has 3 N–H and O–H groups in total. The van der Waals surface area contributed by atoms with Crippen LogP contribution in [0.25, 0.3) is 0 Å². The lowest BCUT2D eigenvalue weighted by molar-refractivity contribution is -0.185. The van der Waals surface area contributed by atoms with E-state index >= 15 is 0 Å². The van der Waals surface area contributed by atoms with Crippen LogP contribution in [0.1, 0.15) is 59.3 Å². The lowest BCUT2D eigenvalue weighted by Gasteiger charge is -2.60. The predicted octanol–water partition coefficient (Wildman–Crippen LogP) is 3.88. The van der Waals surface area contributed by atoms with Crippen molar-refractivity contribution in [2.75, 3.05) is 20.3 Å². The van der Waals surface area contributed by atoms with Gasteiger partial charge in [0.05, 0.1) is 12.7 Å². The van der Waals surface area contributed by atoms with Crippen LogP contribution >= 0.6 is 15.6 Å². The number of ether oxygens (including phenoxy) is 1. The number of hydrogen-bond donors (Lipinski definition) is 3. The largest absolute Gasteiger partial charge is 0.481 e. The van der Waals surface area contributed by atoms with Crippen molar-refractivity contribution in [3.8, 4) is 0 Å². The molecule has 0 heterocycles.